The van der Waals surface area contributed by atoms with Gasteiger partial charge < -0.3 is 11.1 Å². The Kier molecular flexibility index (Phi) is 3.86. The first kappa shape index (κ1) is 14.2. The minimum absolute atomic E-state index is 0.133. The summed E-state index contributed by atoms with van der Waals surface area (Å²) >= 11 is 0. The fraction of sp³-hybridized carbons (Fsp3) is 0.188. The van der Waals surface area contributed by atoms with Gasteiger partial charge in [-0.3, -0.25) is 4.79 Å². The molecule has 0 fully saturated rings. The van der Waals surface area contributed by atoms with Crippen LogP contribution in [0.2, 0.25) is 0 Å². The van der Waals surface area contributed by atoms with Crippen molar-refractivity contribution in [2.24, 2.45) is 5.73 Å². The van der Waals surface area contributed by atoms with Crippen LogP contribution in [0, 0.1) is 12.7 Å². The van der Waals surface area contributed by atoms with Gasteiger partial charge in [-0.05, 0) is 37.1 Å². The van der Waals surface area contributed by atoms with Crippen LogP contribution in [0.15, 0.2) is 48.5 Å². The van der Waals surface area contributed by atoms with Crippen LogP contribution < -0.4 is 11.1 Å². The predicted octanol–water partition coefficient (Wildman–Crippen LogP) is 2.95. The van der Waals surface area contributed by atoms with E-state index in [0.29, 0.717) is 5.56 Å². The van der Waals surface area contributed by atoms with E-state index in [2.05, 4.69) is 5.32 Å². The molecule has 3 nitrogen and oxygen atoms in total. The van der Waals surface area contributed by atoms with Gasteiger partial charge in [0, 0.05) is 0 Å². The Morgan fingerprint density at radius 1 is 1.20 bits per heavy atom. The number of hydrogen-bond donors (Lipinski definition) is 2. The molecule has 3 N–H and O–H groups in total. The summed E-state index contributed by atoms with van der Waals surface area (Å²) in [5, 5.41) is 2.54. The van der Waals surface area contributed by atoms with Crippen LogP contribution in [-0.4, -0.2) is 5.91 Å². The SMILES string of the molecule is Cc1ccc(NC(=O)C(C)(N)c2ccccc2)c(F)c1. The molecule has 4 heteroatoms. The van der Waals surface area contributed by atoms with Crippen molar-refractivity contribution in [1.29, 1.82) is 0 Å². The van der Waals surface area contributed by atoms with Crippen molar-refractivity contribution >= 4 is 11.6 Å². The highest BCUT2D eigenvalue weighted by Crippen LogP contribution is 2.21. The first-order valence-electron chi connectivity index (χ1n) is 6.33. The first-order valence-corrected chi connectivity index (χ1v) is 6.33. The number of carbonyl (C=O) groups excluding carboxylic acids is 1. The van der Waals surface area contributed by atoms with E-state index in [1.54, 1.807) is 44.2 Å². The highest BCUT2D eigenvalue weighted by molar-refractivity contribution is 5.98. The fourth-order valence-corrected chi connectivity index (χ4v) is 1.89. The molecule has 0 heterocycles. The Morgan fingerprint density at radius 2 is 1.85 bits per heavy atom. The van der Waals surface area contributed by atoms with Crippen molar-refractivity contribution < 1.29 is 9.18 Å². The molecule has 1 unspecified atom stereocenters. The number of carbonyl (C=O) groups is 1. The Labute approximate surface area is 117 Å². The van der Waals surface area contributed by atoms with E-state index < -0.39 is 17.3 Å². The molecule has 104 valence electrons. The molecule has 0 saturated heterocycles. The van der Waals surface area contributed by atoms with E-state index in [0.717, 1.165) is 5.56 Å². The molecule has 1 atom stereocenters. The quantitative estimate of drug-likeness (QED) is 0.902. The van der Waals surface area contributed by atoms with Gasteiger partial charge in [0.05, 0.1) is 5.69 Å². The largest absolute Gasteiger partial charge is 0.322 e. The third-order valence-electron chi connectivity index (χ3n) is 3.22. The zero-order valence-corrected chi connectivity index (χ0v) is 11.5. The molecule has 20 heavy (non-hydrogen) atoms. The van der Waals surface area contributed by atoms with Crippen LogP contribution in [0.4, 0.5) is 10.1 Å². The first-order chi connectivity index (χ1) is 9.41. The molecule has 0 aliphatic carbocycles. The fourth-order valence-electron chi connectivity index (χ4n) is 1.89. The third-order valence-corrected chi connectivity index (χ3v) is 3.22. The normalized spacial score (nSPS) is 13.6. The Morgan fingerprint density at radius 3 is 2.45 bits per heavy atom. The van der Waals surface area contributed by atoms with Gasteiger partial charge in [-0.1, -0.05) is 36.4 Å². The molecule has 1 amide bonds. The lowest BCUT2D eigenvalue weighted by atomic mass is 9.92. The van der Waals surface area contributed by atoms with Gasteiger partial charge in [0.15, 0.2) is 0 Å². The second-order valence-electron chi connectivity index (χ2n) is 5.01. The van der Waals surface area contributed by atoms with Gasteiger partial charge in [-0.25, -0.2) is 4.39 Å². The number of nitrogens with two attached hydrogens (primary N) is 1. The highest BCUT2D eigenvalue weighted by atomic mass is 19.1. The monoisotopic (exact) mass is 272 g/mol. The molecular formula is C16H17FN2O. The summed E-state index contributed by atoms with van der Waals surface area (Å²) in [4.78, 5) is 12.3. The van der Waals surface area contributed by atoms with Crippen LogP contribution in [0.1, 0.15) is 18.1 Å². The molecule has 0 saturated carbocycles. The number of amides is 1. The number of rotatable bonds is 3. The zero-order valence-electron chi connectivity index (χ0n) is 11.5. The summed E-state index contributed by atoms with van der Waals surface area (Å²) in [6, 6.07) is 13.6. The lowest BCUT2D eigenvalue weighted by Gasteiger charge is -2.24. The summed E-state index contributed by atoms with van der Waals surface area (Å²) in [5.41, 5.74) is 6.45. The highest BCUT2D eigenvalue weighted by Gasteiger charge is 2.30. The van der Waals surface area contributed by atoms with Crippen LogP contribution in [0.25, 0.3) is 0 Å². The van der Waals surface area contributed by atoms with Gasteiger partial charge in [-0.2, -0.15) is 0 Å². The Hall–Kier alpha value is -2.20. The summed E-state index contributed by atoms with van der Waals surface area (Å²) in [5.74, 6) is -0.923. The summed E-state index contributed by atoms with van der Waals surface area (Å²) in [7, 11) is 0. The van der Waals surface area contributed by atoms with Gasteiger partial charge in [0.1, 0.15) is 11.4 Å². The Balaban J connectivity index is 2.23. The summed E-state index contributed by atoms with van der Waals surface area (Å²) in [6.45, 7) is 3.38. The molecule has 2 aromatic carbocycles. The second-order valence-corrected chi connectivity index (χ2v) is 5.01. The molecule has 2 rings (SSSR count). The zero-order chi connectivity index (χ0) is 14.8. The van der Waals surface area contributed by atoms with Crippen LogP contribution in [0.3, 0.4) is 0 Å². The molecular weight excluding hydrogens is 255 g/mol. The van der Waals surface area contributed by atoms with Crippen LogP contribution in [0.5, 0.6) is 0 Å². The minimum Gasteiger partial charge on any atom is -0.322 e. The van der Waals surface area contributed by atoms with Crippen molar-refractivity contribution in [3.63, 3.8) is 0 Å². The number of halogens is 1. The average molecular weight is 272 g/mol. The number of nitrogens with one attached hydrogen (secondary N) is 1. The third kappa shape index (κ3) is 2.86. The van der Waals surface area contributed by atoms with Crippen molar-refractivity contribution in [3.8, 4) is 0 Å². The molecule has 0 aliphatic heterocycles. The number of aryl methyl sites for hydroxylation is 1. The molecule has 0 aliphatic rings. The van der Waals surface area contributed by atoms with Gasteiger partial charge in [-0.15, -0.1) is 0 Å². The number of hydrogen-bond acceptors (Lipinski definition) is 2. The second kappa shape index (κ2) is 5.43. The maximum atomic E-state index is 13.7. The maximum Gasteiger partial charge on any atom is 0.248 e. The van der Waals surface area contributed by atoms with Gasteiger partial charge in [0.2, 0.25) is 5.91 Å². The number of benzene rings is 2. The van der Waals surface area contributed by atoms with Crippen molar-refractivity contribution in [3.05, 3.63) is 65.5 Å². The molecule has 0 radical (unpaired) electrons. The Bertz CT molecular complexity index is 624. The van der Waals surface area contributed by atoms with Crippen molar-refractivity contribution in [2.45, 2.75) is 19.4 Å². The van der Waals surface area contributed by atoms with E-state index in [4.69, 9.17) is 5.73 Å². The van der Waals surface area contributed by atoms with Gasteiger partial charge >= 0.3 is 0 Å². The molecule has 0 aromatic heterocycles. The summed E-state index contributed by atoms with van der Waals surface area (Å²) < 4.78 is 13.7. The summed E-state index contributed by atoms with van der Waals surface area (Å²) in [6.07, 6.45) is 0. The van der Waals surface area contributed by atoms with E-state index in [1.165, 1.54) is 12.1 Å². The molecule has 0 bridgehead atoms. The average Bonchev–Trinajstić information content (AvgIpc) is 2.42. The van der Waals surface area contributed by atoms with Gasteiger partial charge in [0.25, 0.3) is 0 Å². The van der Waals surface area contributed by atoms with E-state index >= 15 is 0 Å². The predicted molar refractivity (Wildman–Crippen MR) is 77.7 cm³/mol. The van der Waals surface area contributed by atoms with Crippen LogP contribution in [-0.2, 0) is 10.3 Å². The lowest BCUT2D eigenvalue weighted by Crippen LogP contribution is -2.45. The lowest BCUT2D eigenvalue weighted by molar-refractivity contribution is -0.120. The van der Waals surface area contributed by atoms with E-state index in [9.17, 15) is 9.18 Å². The topological polar surface area (TPSA) is 55.1 Å². The standard InChI is InChI=1S/C16H17FN2O/c1-11-8-9-14(13(17)10-11)19-15(20)16(2,18)12-6-4-3-5-7-12/h3-10H,18H2,1-2H3,(H,19,20). The van der Waals surface area contributed by atoms with Crippen molar-refractivity contribution in [2.75, 3.05) is 5.32 Å². The molecule has 2 aromatic rings. The smallest absolute Gasteiger partial charge is 0.248 e. The number of anilines is 1. The molecule has 0 spiro atoms. The van der Waals surface area contributed by atoms with Crippen molar-refractivity contribution in [1.82, 2.24) is 0 Å². The van der Waals surface area contributed by atoms with E-state index in [-0.39, 0.29) is 5.69 Å². The maximum absolute atomic E-state index is 13.7. The van der Waals surface area contributed by atoms with E-state index in [1.807, 2.05) is 6.07 Å². The van der Waals surface area contributed by atoms with Crippen LogP contribution >= 0.6 is 0 Å². The minimum atomic E-state index is -1.22.